The standard InChI is InChI=1S/C20H28N2OS/c1-3-23-16-20(9-8-19-7-6-17(2)24-19)10-12-22(15-20)14-18-5-4-11-21-13-18/h4-7,11,13H,3,8-10,12,14-16H2,1-2H3/t20-/m0/s1. The Bertz CT molecular complexity index is 628. The van der Waals surface area contributed by atoms with E-state index in [4.69, 9.17) is 4.74 Å². The van der Waals surface area contributed by atoms with Gasteiger partial charge in [0, 0.05) is 47.3 Å². The van der Waals surface area contributed by atoms with E-state index in [1.165, 1.54) is 34.6 Å². The van der Waals surface area contributed by atoms with Crippen LogP contribution in [0, 0.1) is 12.3 Å². The topological polar surface area (TPSA) is 25.4 Å². The molecule has 0 aromatic carbocycles. The molecular formula is C20H28N2OS. The molecule has 1 saturated heterocycles. The molecule has 0 saturated carbocycles. The molecule has 1 atom stereocenters. The van der Waals surface area contributed by atoms with Gasteiger partial charge in [0.1, 0.15) is 0 Å². The third-order valence-electron chi connectivity index (χ3n) is 4.96. The summed E-state index contributed by atoms with van der Waals surface area (Å²) in [5.74, 6) is 0. The van der Waals surface area contributed by atoms with Gasteiger partial charge in [-0.15, -0.1) is 11.3 Å². The lowest BCUT2D eigenvalue weighted by Gasteiger charge is -2.29. The van der Waals surface area contributed by atoms with Crippen LogP contribution in [-0.4, -0.2) is 36.2 Å². The molecule has 0 amide bonds. The monoisotopic (exact) mass is 344 g/mol. The van der Waals surface area contributed by atoms with E-state index < -0.39 is 0 Å². The second-order valence-corrected chi connectivity index (χ2v) is 8.34. The van der Waals surface area contributed by atoms with Crippen LogP contribution < -0.4 is 0 Å². The first-order chi connectivity index (χ1) is 11.7. The van der Waals surface area contributed by atoms with Gasteiger partial charge in [-0.1, -0.05) is 6.07 Å². The first-order valence-corrected chi connectivity index (χ1v) is 9.75. The highest BCUT2D eigenvalue weighted by molar-refractivity contribution is 7.11. The van der Waals surface area contributed by atoms with Crippen LogP contribution >= 0.6 is 11.3 Å². The van der Waals surface area contributed by atoms with Crippen LogP contribution in [0.2, 0.25) is 0 Å². The number of rotatable bonds is 8. The van der Waals surface area contributed by atoms with Gasteiger partial charge in [0.2, 0.25) is 0 Å². The zero-order valence-corrected chi connectivity index (χ0v) is 15.6. The molecule has 1 fully saturated rings. The second kappa shape index (κ2) is 8.24. The minimum Gasteiger partial charge on any atom is -0.381 e. The summed E-state index contributed by atoms with van der Waals surface area (Å²) in [6, 6.07) is 8.72. The van der Waals surface area contributed by atoms with Gasteiger partial charge in [-0.3, -0.25) is 9.88 Å². The van der Waals surface area contributed by atoms with E-state index in [-0.39, 0.29) is 0 Å². The summed E-state index contributed by atoms with van der Waals surface area (Å²) in [6.45, 7) is 9.27. The van der Waals surface area contributed by atoms with Gasteiger partial charge in [0.05, 0.1) is 6.61 Å². The van der Waals surface area contributed by atoms with Crippen LogP contribution in [0.15, 0.2) is 36.7 Å². The predicted molar refractivity (Wildman–Crippen MR) is 100 cm³/mol. The van der Waals surface area contributed by atoms with Crippen molar-refractivity contribution in [3.8, 4) is 0 Å². The Balaban J connectivity index is 1.61. The number of pyridine rings is 1. The number of thiophene rings is 1. The van der Waals surface area contributed by atoms with Gasteiger partial charge in [-0.05, 0) is 63.4 Å². The fraction of sp³-hybridized carbons (Fsp3) is 0.550. The molecule has 4 heteroatoms. The van der Waals surface area contributed by atoms with Crippen molar-refractivity contribution in [2.75, 3.05) is 26.3 Å². The van der Waals surface area contributed by atoms with Gasteiger partial charge in [0.15, 0.2) is 0 Å². The number of nitrogens with zero attached hydrogens (tertiary/aromatic N) is 2. The molecule has 2 aromatic heterocycles. The SMILES string of the molecule is CCOC[C@@]1(CCc2ccc(C)s2)CCN(Cc2cccnc2)C1. The highest BCUT2D eigenvalue weighted by Crippen LogP contribution is 2.37. The van der Waals surface area contributed by atoms with Crippen LogP contribution in [0.25, 0.3) is 0 Å². The number of hydrogen-bond acceptors (Lipinski definition) is 4. The molecule has 130 valence electrons. The highest BCUT2D eigenvalue weighted by Gasteiger charge is 2.38. The molecule has 2 aromatic rings. The summed E-state index contributed by atoms with van der Waals surface area (Å²) < 4.78 is 5.88. The smallest absolute Gasteiger partial charge is 0.0535 e. The van der Waals surface area contributed by atoms with Crippen LogP contribution in [-0.2, 0) is 17.7 Å². The second-order valence-electron chi connectivity index (χ2n) is 6.97. The van der Waals surface area contributed by atoms with Crippen LogP contribution in [0.5, 0.6) is 0 Å². The Morgan fingerprint density at radius 1 is 1.33 bits per heavy atom. The highest BCUT2D eigenvalue weighted by atomic mass is 32.1. The minimum absolute atomic E-state index is 0.302. The molecule has 0 spiro atoms. The van der Waals surface area contributed by atoms with Gasteiger partial charge in [0.25, 0.3) is 0 Å². The molecule has 0 aliphatic carbocycles. The minimum atomic E-state index is 0.302. The van der Waals surface area contributed by atoms with E-state index in [0.717, 1.165) is 32.8 Å². The maximum Gasteiger partial charge on any atom is 0.0535 e. The summed E-state index contributed by atoms with van der Waals surface area (Å²) >= 11 is 1.93. The number of aryl methyl sites for hydroxylation is 2. The normalized spacial score (nSPS) is 21.4. The first-order valence-electron chi connectivity index (χ1n) is 8.93. The van der Waals surface area contributed by atoms with Crippen LogP contribution in [0.4, 0.5) is 0 Å². The van der Waals surface area contributed by atoms with E-state index in [1.807, 2.05) is 29.8 Å². The quantitative estimate of drug-likeness (QED) is 0.713. The summed E-state index contributed by atoms with van der Waals surface area (Å²) in [6.07, 6.45) is 7.45. The van der Waals surface area contributed by atoms with Crippen LogP contribution in [0.1, 0.15) is 35.1 Å². The molecule has 3 heterocycles. The largest absolute Gasteiger partial charge is 0.381 e. The molecular weight excluding hydrogens is 316 g/mol. The Morgan fingerprint density at radius 2 is 2.25 bits per heavy atom. The molecule has 1 aliphatic heterocycles. The number of hydrogen-bond donors (Lipinski definition) is 0. The number of likely N-dealkylation sites (tertiary alicyclic amines) is 1. The zero-order valence-electron chi connectivity index (χ0n) is 14.8. The van der Waals surface area contributed by atoms with Crippen molar-refractivity contribution >= 4 is 11.3 Å². The van der Waals surface area contributed by atoms with E-state index in [1.54, 1.807) is 0 Å². The Morgan fingerprint density at radius 3 is 2.96 bits per heavy atom. The van der Waals surface area contributed by atoms with Crippen molar-refractivity contribution in [2.24, 2.45) is 5.41 Å². The van der Waals surface area contributed by atoms with Crippen molar-refractivity contribution < 1.29 is 4.74 Å². The van der Waals surface area contributed by atoms with Gasteiger partial charge < -0.3 is 4.74 Å². The number of ether oxygens (including phenoxy) is 1. The van der Waals surface area contributed by atoms with Gasteiger partial charge in [-0.2, -0.15) is 0 Å². The summed E-state index contributed by atoms with van der Waals surface area (Å²) in [5, 5.41) is 0. The molecule has 3 rings (SSSR count). The molecule has 1 aliphatic rings. The lowest BCUT2D eigenvalue weighted by molar-refractivity contribution is 0.0490. The molecule has 0 N–H and O–H groups in total. The fourth-order valence-corrected chi connectivity index (χ4v) is 4.52. The van der Waals surface area contributed by atoms with Crippen molar-refractivity contribution in [1.29, 1.82) is 0 Å². The first kappa shape index (κ1) is 17.6. The van der Waals surface area contributed by atoms with Crippen LogP contribution in [0.3, 0.4) is 0 Å². The maximum absolute atomic E-state index is 5.88. The Kier molecular flexibility index (Phi) is 6.04. The Labute approximate surface area is 149 Å². The van der Waals surface area contributed by atoms with E-state index >= 15 is 0 Å². The fourth-order valence-electron chi connectivity index (χ4n) is 3.63. The van der Waals surface area contributed by atoms with Crippen molar-refractivity contribution in [3.05, 3.63) is 52.0 Å². The van der Waals surface area contributed by atoms with E-state index in [9.17, 15) is 0 Å². The average molecular weight is 345 g/mol. The molecule has 0 radical (unpaired) electrons. The summed E-state index contributed by atoms with van der Waals surface area (Å²) in [4.78, 5) is 9.73. The predicted octanol–water partition coefficient (Wildman–Crippen LogP) is 4.31. The number of aromatic nitrogens is 1. The van der Waals surface area contributed by atoms with Crippen molar-refractivity contribution in [3.63, 3.8) is 0 Å². The summed E-state index contributed by atoms with van der Waals surface area (Å²) in [5.41, 5.74) is 1.61. The van der Waals surface area contributed by atoms with Crippen molar-refractivity contribution in [1.82, 2.24) is 9.88 Å². The summed E-state index contributed by atoms with van der Waals surface area (Å²) in [7, 11) is 0. The van der Waals surface area contributed by atoms with E-state index in [2.05, 4.69) is 41.9 Å². The molecule has 0 bridgehead atoms. The zero-order chi connectivity index (χ0) is 16.8. The van der Waals surface area contributed by atoms with Crippen molar-refractivity contribution in [2.45, 2.75) is 39.7 Å². The third-order valence-corrected chi connectivity index (χ3v) is 6.02. The van der Waals surface area contributed by atoms with E-state index in [0.29, 0.717) is 5.41 Å². The Hall–Kier alpha value is -1.23. The lowest BCUT2D eigenvalue weighted by atomic mass is 9.83. The molecule has 24 heavy (non-hydrogen) atoms. The molecule has 3 nitrogen and oxygen atoms in total. The van der Waals surface area contributed by atoms with Gasteiger partial charge in [-0.25, -0.2) is 0 Å². The third kappa shape index (κ3) is 4.65. The lowest BCUT2D eigenvalue weighted by Crippen LogP contribution is -2.32. The molecule has 0 unspecified atom stereocenters. The maximum atomic E-state index is 5.88. The van der Waals surface area contributed by atoms with Gasteiger partial charge >= 0.3 is 0 Å². The average Bonchev–Trinajstić information content (AvgIpc) is 3.19.